The molecule has 0 bridgehead atoms. The normalized spacial score (nSPS) is 16.2. The molecule has 0 unspecified atom stereocenters. The molecular formula is C16H24FNO4S. The number of hydrogen-bond donors (Lipinski definition) is 1. The molecule has 1 fully saturated rings. The summed E-state index contributed by atoms with van der Waals surface area (Å²) in [5, 5.41) is 0. The Morgan fingerprint density at radius 3 is 2.61 bits per heavy atom. The van der Waals surface area contributed by atoms with Gasteiger partial charge >= 0.3 is 0 Å². The van der Waals surface area contributed by atoms with Crippen LogP contribution < -0.4 is 9.46 Å². The zero-order chi connectivity index (χ0) is 16.9. The number of rotatable bonds is 8. The molecule has 7 heteroatoms. The second kappa shape index (κ2) is 8.08. The van der Waals surface area contributed by atoms with Gasteiger partial charge in [-0.3, -0.25) is 0 Å². The molecule has 5 nitrogen and oxygen atoms in total. The van der Waals surface area contributed by atoms with Crippen LogP contribution in [0.1, 0.15) is 39.5 Å². The first-order valence-electron chi connectivity index (χ1n) is 7.96. The van der Waals surface area contributed by atoms with E-state index in [-0.39, 0.29) is 36.0 Å². The van der Waals surface area contributed by atoms with E-state index in [1.54, 1.807) is 0 Å². The average molecular weight is 345 g/mol. The van der Waals surface area contributed by atoms with Crippen LogP contribution in [0, 0.1) is 5.82 Å². The summed E-state index contributed by atoms with van der Waals surface area (Å²) >= 11 is 0. The van der Waals surface area contributed by atoms with E-state index >= 15 is 0 Å². The lowest BCUT2D eigenvalue weighted by Crippen LogP contribution is -2.28. The predicted octanol–water partition coefficient (Wildman–Crippen LogP) is 2.85. The smallest absolute Gasteiger partial charge is 0.240 e. The Bertz CT molecular complexity index is 613. The molecule has 1 aliphatic carbocycles. The van der Waals surface area contributed by atoms with Gasteiger partial charge in [-0.25, -0.2) is 17.5 Å². The number of nitrogens with one attached hydrogen (secondary N) is 1. The van der Waals surface area contributed by atoms with Gasteiger partial charge in [0.15, 0.2) is 11.6 Å². The van der Waals surface area contributed by atoms with Gasteiger partial charge in [0.1, 0.15) is 0 Å². The summed E-state index contributed by atoms with van der Waals surface area (Å²) in [5.41, 5.74) is 0. The van der Waals surface area contributed by atoms with Crippen molar-refractivity contribution in [2.45, 2.75) is 56.6 Å². The highest BCUT2D eigenvalue weighted by molar-refractivity contribution is 7.89. The number of halogens is 1. The van der Waals surface area contributed by atoms with Crippen molar-refractivity contribution in [2.75, 3.05) is 13.2 Å². The standard InChI is InChI=1S/C16H24FNO4S/c1-12(2)21-10-9-18-23(19,20)14-7-8-16(15(17)11-14)22-13-5-3-4-6-13/h7-8,11-13,18H,3-6,9-10H2,1-2H3. The number of sulfonamides is 1. The summed E-state index contributed by atoms with van der Waals surface area (Å²) in [6, 6.07) is 3.74. The molecule has 2 rings (SSSR count). The topological polar surface area (TPSA) is 64.6 Å². The van der Waals surface area contributed by atoms with Gasteiger partial charge in [0.25, 0.3) is 0 Å². The van der Waals surface area contributed by atoms with Gasteiger partial charge in [-0.05, 0) is 57.7 Å². The lowest BCUT2D eigenvalue weighted by atomic mass is 10.3. The molecule has 1 aromatic carbocycles. The maximum absolute atomic E-state index is 14.1. The molecule has 1 saturated carbocycles. The van der Waals surface area contributed by atoms with Gasteiger partial charge in [-0.2, -0.15) is 0 Å². The number of hydrogen-bond acceptors (Lipinski definition) is 4. The first-order valence-corrected chi connectivity index (χ1v) is 9.44. The Balaban J connectivity index is 1.97. The van der Waals surface area contributed by atoms with Crippen molar-refractivity contribution >= 4 is 10.0 Å². The molecule has 130 valence electrons. The highest BCUT2D eigenvalue weighted by atomic mass is 32.2. The minimum atomic E-state index is -3.75. The molecule has 0 spiro atoms. The third kappa shape index (κ3) is 5.44. The van der Waals surface area contributed by atoms with Crippen LogP contribution in [0.3, 0.4) is 0 Å². The minimum Gasteiger partial charge on any atom is -0.487 e. The maximum atomic E-state index is 14.1. The fourth-order valence-electron chi connectivity index (χ4n) is 2.48. The summed E-state index contributed by atoms with van der Waals surface area (Å²) < 4.78 is 51.6. The fraction of sp³-hybridized carbons (Fsp3) is 0.625. The zero-order valence-corrected chi connectivity index (χ0v) is 14.4. The lowest BCUT2D eigenvalue weighted by Gasteiger charge is -2.14. The van der Waals surface area contributed by atoms with Crippen molar-refractivity contribution in [1.29, 1.82) is 0 Å². The Morgan fingerprint density at radius 1 is 1.30 bits per heavy atom. The van der Waals surface area contributed by atoms with E-state index < -0.39 is 15.8 Å². The molecule has 1 aromatic rings. The quantitative estimate of drug-likeness (QED) is 0.736. The van der Waals surface area contributed by atoms with Crippen molar-refractivity contribution in [1.82, 2.24) is 4.72 Å². The molecule has 0 aromatic heterocycles. The lowest BCUT2D eigenvalue weighted by molar-refractivity contribution is 0.0834. The average Bonchev–Trinajstić information content (AvgIpc) is 2.98. The summed E-state index contributed by atoms with van der Waals surface area (Å²) in [6.45, 7) is 4.14. The highest BCUT2D eigenvalue weighted by Crippen LogP contribution is 2.27. The van der Waals surface area contributed by atoms with E-state index in [1.165, 1.54) is 12.1 Å². The van der Waals surface area contributed by atoms with E-state index in [2.05, 4.69) is 4.72 Å². The van der Waals surface area contributed by atoms with Crippen LogP contribution in [0.4, 0.5) is 4.39 Å². The van der Waals surface area contributed by atoms with Crippen molar-refractivity contribution in [2.24, 2.45) is 0 Å². The van der Waals surface area contributed by atoms with Crippen molar-refractivity contribution in [3.8, 4) is 5.75 Å². The van der Waals surface area contributed by atoms with Crippen LogP contribution in [0.25, 0.3) is 0 Å². The van der Waals surface area contributed by atoms with Crippen LogP contribution in [0.15, 0.2) is 23.1 Å². The van der Waals surface area contributed by atoms with Gasteiger partial charge in [0.2, 0.25) is 10.0 Å². The minimum absolute atomic E-state index is 0.0262. The molecule has 0 saturated heterocycles. The summed E-state index contributed by atoms with van der Waals surface area (Å²) in [5.74, 6) is -0.544. The molecule has 0 aliphatic heterocycles. The summed E-state index contributed by atoms with van der Waals surface area (Å²) in [6.07, 6.45) is 4.05. The van der Waals surface area contributed by atoms with Gasteiger partial charge in [0, 0.05) is 6.54 Å². The molecule has 0 atom stereocenters. The third-order valence-electron chi connectivity index (χ3n) is 3.65. The number of ether oxygens (including phenoxy) is 2. The molecule has 0 heterocycles. The Morgan fingerprint density at radius 2 is 2.00 bits per heavy atom. The van der Waals surface area contributed by atoms with E-state index in [9.17, 15) is 12.8 Å². The van der Waals surface area contributed by atoms with E-state index in [0.29, 0.717) is 0 Å². The number of benzene rings is 1. The monoisotopic (exact) mass is 345 g/mol. The van der Waals surface area contributed by atoms with E-state index in [1.807, 2.05) is 13.8 Å². The highest BCUT2D eigenvalue weighted by Gasteiger charge is 2.20. The molecule has 0 radical (unpaired) electrons. The van der Waals surface area contributed by atoms with Crippen LogP contribution in [-0.2, 0) is 14.8 Å². The predicted molar refractivity (Wildman–Crippen MR) is 85.6 cm³/mol. The first-order chi connectivity index (χ1) is 10.9. The second-order valence-corrected chi connectivity index (χ2v) is 7.70. The van der Waals surface area contributed by atoms with Crippen molar-refractivity contribution < 1.29 is 22.3 Å². The summed E-state index contributed by atoms with van der Waals surface area (Å²) in [4.78, 5) is -0.113. The Labute approximate surface area is 137 Å². The van der Waals surface area contributed by atoms with E-state index in [4.69, 9.17) is 9.47 Å². The zero-order valence-electron chi connectivity index (χ0n) is 13.5. The fourth-order valence-corrected chi connectivity index (χ4v) is 3.51. The maximum Gasteiger partial charge on any atom is 0.240 e. The van der Waals surface area contributed by atoms with E-state index in [0.717, 1.165) is 31.7 Å². The van der Waals surface area contributed by atoms with Crippen LogP contribution in [-0.4, -0.2) is 33.8 Å². The molecule has 0 amide bonds. The molecule has 23 heavy (non-hydrogen) atoms. The Kier molecular flexibility index (Phi) is 6.38. The van der Waals surface area contributed by atoms with Crippen LogP contribution >= 0.6 is 0 Å². The van der Waals surface area contributed by atoms with Gasteiger partial charge in [-0.15, -0.1) is 0 Å². The summed E-state index contributed by atoms with van der Waals surface area (Å²) in [7, 11) is -3.75. The van der Waals surface area contributed by atoms with Gasteiger partial charge < -0.3 is 9.47 Å². The van der Waals surface area contributed by atoms with Crippen molar-refractivity contribution in [3.63, 3.8) is 0 Å². The molecular weight excluding hydrogens is 321 g/mol. The third-order valence-corrected chi connectivity index (χ3v) is 5.11. The van der Waals surface area contributed by atoms with Crippen LogP contribution in [0.5, 0.6) is 5.75 Å². The van der Waals surface area contributed by atoms with Gasteiger partial charge in [-0.1, -0.05) is 0 Å². The molecule has 1 aliphatic rings. The van der Waals surface area contributed by atoms with Crippen LogP contribution in [0.2, 0.25) is 0 Å². The first kappa shape index (κ1) is 18.2. The van der Waals surface area contributed by atoms with Crippen molar-refractivity contribution in [3.05, 3.63) is 24.0 Å². The SMILES string of the molecule is CC(C)OCCNS(=O)(=O)c1ccc(OC2CCCC2)c(F)c1. The van der Waals surface area contributed by atoms with Gasteiger partial charge in [0.05, 0.1) is 23.7 Å². The largest absolute Gasteiger partial charge is 0.487 e. The Hall–Kier alpha value is -1.18. The molecule has 1 N–H and O–H groups in total. The second-order valence-electron chi connectivity index (χ2n) is 5.93.